The zero-order chi connectivity index (χ0) is 24.0. The Hall–Kier alpha value is -2.36. The minimum Gasteiger partial charge on any atom is -0.497 e. The highest BCUT2D eigenvalue weighted by molar-refractivity contribution is 6.99. The van der Waals surface area contributed by atoms with E-state index in [4.69, 9.17) is 9.16 Å². The summed E-state index contributed by atoms with van der Waals surface area (Å²) in [7, 11) is -0.802. The van der Waals surface area contributed by atoms with Crippen LogP contribution in [0.1, 0.15) is 64.0 Å². The fourth-order valence-electron chi connectivity index (χ4n) is 6.82. The maximum atomic E-state index is 7.68. The van der Waals surface area contributed by atoms with Crippen molar-refractivity contribution in [2.45, 2.75) is 70.4 Å². The highest BCUT2D eigenvalue weighted by atomic mass is 28.4. The first-order valence-corrected chi connectivity index (χ1v) is 14.7. The smallest absolute Gasteiger partial charge is 0.261 e. The van der Waals surface area contributed by atoms with Gasteiger partial charge in [0.1, 0.15) is 5.75 Å². The van der Waals surface area contributed by atoms with Gasteiger partial charge in [-0.15, -0.1) is 0 Å². The van der Waals surface area contributed by atoms with Gasteiger partial charge in [0, 0.05) is 0 Å². The molecule has 1 fully saturated rings. The maximum absolute atomic E-state index is 7.68. The van der Waals surface area contributed by atoms with Gasteiger partial charge in [-0.2, -0.15) is 0 Å². The lowest BCUT2D eigenvalue weighted by atomic mass is 9.66. The Morgan fingerprint density at radius 1 is 0.853 bits per heavy atom. The fraction of sp³-hybridized carbons (Fsp3) is 0.419. The first-order valence-electron chi connectivity index (χ1n) is 12.8. The molecule has 3 aromatic carbocycles. The van der Waals surface area contributed by atoms with Crippen LogP contribution in [0.15, 0.2) is 78.9 Å². The highest BCUT2D eigenvalue weighted by Gasteiger charge is 2.57. The molecular formula is C31H38O2Si. The minimum absolute atomic E-state index is 0.00406. The van der Waals surface area contributed by atoms with Crippen molar-refractivity contribution in [2.24, 2.45) is 5.41 Å². The van der Waals surface area contributed by atoms with Crippen LogP contribution in [-0.2, 0) is 10.8 Å². The van der Waals surface area contributed by atoms with Gasteiger partial charge < -0.3 is 9.16 Å². The molecule has 178 valence electrons. The number of hydrogen-bond acceptors (Lipinski definition) is 2. The number of aryl methyl sites for hydroxylation is 1. The molecule has 1 saturated carbocycles. The lowest BCUT2D eigenvalue weighted by Gasteiger charge is -2.49. The molecule has 2 aliphatic carbocycles. The van der Waals surface area contributed by atoms with Crippen LogP contribution in [0.3, 0.4) is 0 Å². The topological polar surface area (TPSA) is 18.5 Å². The Labute approximate surface area is 206 Å². The number of hydrogen-bond donors (Lipinski definition) is 0. The zero-order valence-electron chi connectivity index (χ0n) is 21.3. The SMILES string of the molecule is COc1ccc2c(c1)CC[C@@]1(C)[C@@H](O[Si](c3ccccc3)(c3ccccc3)C(C)(C)C)CC[C@H]21. The van der Waals surface area contributed by atoms with E-state index in [-0.39, 0.29) is 16.6 Å². The summed E-state index contributed by atoms with van der Waals surface area (Å²) in [6, 6.07) is 28.9. The van der Waals surface area contributed by atoms with Crippen LogP contribution in [-0.4, -0.2) is 21.5 Å². The summed E-state index contributed by atoms with van der Waals surface area (Å²) < 4.78 is 13.2. The van der Waals surface area contributed by atoms with Gasteiger partial charge in [-0.05, 0) is 75.7 Å². The van der Waals surface area contributed by atoms with Gasteiger partial charge in [0.25, 0.3) is 8.32 Å². The number of methoxy groups -OCH3 is 1. The van der Waals surface area contributed by atoms with E-state index in [0.29, 0.717) is 5.92 Å². The molecule has 3 aromatic rings. The van der Waals surface area contributed by atoms with Gasteiger partial charge in [0.05, 0.1) is 13.2 Å². The van der Waals surface area contributed by atoms with Gasteiger partial charge in [-0.25, -0.2) is 0 Å². The van der Waals surface area contributed by atoms with Crippen molar-refractivity contribution in [1.29, 1.82) is 0 Å². The normalized spacial score (nSPS) is 24.4. The van der Waals surface area contributed by atoms with Crippen LogP contribution in [0.2, 0.25) is 5.04 Å². The van der Waals surface area contributed by atoms with Gasteiger partial charge in [0.2, 0.25) is 0 Å². The van der Waals surface area contributed by atoms with Crippen LogP contribution in [0.25, 0.3) is 0 Å². The van der Waals surface area contributed by atoms with Crippen LogP contribution in [0.5, 0.6) is 5.75 Å². The lowest BCUT2D eigenvalue weighted by Crippen LogP contribution is -2.68. The van der Waals surface area contributed by atoms with Gasteiger partial charge in [0.15, 0.2) is 0 Å². The summed E-state index contributed by atoms with van der Waals surface area (Å²) in [5.41, 5.74) is 3.13. The van der Waals surface area contributed by atoms with Gasteiger partial charge >= 0.3 is 0 Å². The monoisotopic (exact) mass is 470 g/mol. The first kappa shape index (κ1) is 23.4. The third-order valence-corrected chi connectivity index (χ3v) is 13.7. The average molecular weight is 471 g/mol. The van der Waals surface area contributed by atoms with E-state index in [1.165, 1.54) is 34.3 Å². The average Bonchev–Trinajstić information content (AvgIpc) is 3.18. The quantitative estimate of drug-likeness (QED) is 0.398. The molecular weight excluding hydrogens is 432 g/mol. The minimum atomic E-state index is -2.56. The van der Waals surface area contributed by atoms with E-state index >= 15 is 0 Å². The molecule has 0 spiro atoms. The Bertz CT molecular complexity index is 1100. The van der Waals surface area contributed by atoms with Crippen molar-refractivity contribution in [3.63, 3.8) is 0 Å². The summed E-state index contributed by atoms with van der Waals surface area (Å²) in [5.74, 6) is 1.52. The van der Waals surface area contributed by atoms with Crippen molar-refractivity contribution in [1.82, 2.24) is 0 Å². The molecule has 0 N–H and O–H groups in total. The van der Waals surface area contributed by atoms with Crippen LogP contribution >= 0.6 is 0 Å². The second-order valence-electron chi connectivity index (χ2n) is 11.5. The van der Waals surface area contributed by atoms with Crippen molar-refractivity contribution >= 4 is 18.7 Å². The van der Waals surface area contributed by atoms with E-state index in [2.05, 4.69) is 107 Å². The maximum Gasteiger partial charge on any atom is 0.261 e. The Morgan fingerprint density at radius 2 is 1.47 bits per heavy atom. The molecule has 0 amide bonds. The summed E-state index contributed by atoms with van der Waals surface area (Å²) in [4.78, 5) is 0. The number of rotatable bonds is 5. The standard InChI is InChI=1S/C31H38O2Si/c1-30(2,3)34(25-12-8-6-9-13-25,26-14-10-7-11-15-26)33-29-19-18-28-27-17-16-24(32-5)22-23(27)20-21-31(28,29)4/h6-17,22,28-29H,18-21H2,1-5H3/t28-,29+,31-/m1/s1. The molecule has 0 aliphatic heterocycles. The predicted molar refractivity (Wildman–Crippen MR) is 144 cm³/mol. The highest BCUT2D eigenvalue weighted by Crippen LogP contribution is 2.58. The summed E-state index contributed by atoms with van der Waals surface area (Å²) >= 11 is 0. The van der Waals surface area contributed by atoms with Crippen LogP contribution in [0, 0.1) is 5.41 Å². The zero-order valence-corrected chi connectivity index (χ0v) is 22.3. The summed E-state index contributed by atoms with van der Waals surface area (Å²) in [6.07, 6.45) is 4.83. The molecule has 0 unspecified atom stereocenters. The van der Waals surface area contributed by atoms with Crippen LogP contribution in [0.4, 0.5) is 0 Å². The van der Waals surface area contributed by atoms with Crippen LogP contribution < -0.4 is 15.1 Å². The predicted octanol–water partition coefficient (Wildman–Crippen LogP) is 6.47. The Balaban J connectivity index is 1.59. The van der Waals surface area contributed by atoms with Crippen molar-refractivity contribution in [3.8, 4) is 5.75 Å². The number of ether oxygens (including phenoxy) is 1. The molecule has 0 heterocycles. The second kappa shape index (κ2) is 8.69. The Morgan fingerprint density at radius 3 is 2.03 bits per heavy atom. The molecule has 3 heteroatoms. The molecule has 0 aromatic heterocycles. The fourth-order valence-corrected chi connectivity index (χ4v) is 11.6. The van der Waals surface area contributed by atoms with Crippen molar-refractivity contribution in [2.75, 3.05) is 7.11 Å². The summed E-state index contributed by atoms with van der Waals surface area (Å²) in [5, 5.41) is 2.76. The van der Waals surface area contributed by atoms with E-state index in [1.54, 1.807) is 7.11 Å². The van der Waals surface area contributed by atoms with E-state index in [0.717, 1.165) is 18.6 Å². The first-order chi connectivity index (χ1) is 16.3. The molecule has 0 bridgehead atoms. The third kappa shape index (κ3) is 3.65. The Kier molecular flexibility index (Phi) is 5.98. The lowest BCUT2D eigenvalue weighted by molar-refractivity contribution is 0.0579. The molecule has 0 saturated heterocycles. The second-order valence-corrected chi connectivity index (χ2v) is 15.7. The van der Waals surface area contributed by atoms with E-state index in [1.807, 2.05) is 0 Å². The number of fused-ring (bicyclic) bond motifs is 3. The summed E-state index contributed by atoms with van der Waals surface area (Å²) in [6.45, 7) is 9.66. The van der Waals surface area contributed by atoms with E-state index in [9.17, 15) is 0 Å². The molecule has 0 radical (unpaired) electrons. The molecule has 3 atom stereocenters. The molecule has 34 heavy (non-hydrogen) atoms. The van der Waals surface area contributed by atoms with Gasteiger partial charge in [-0.3, -0.25) is 0 Å². The third-order valence-electron chi connectivity index (χ3n) is 8.64. The van der Waals surface area contributed by atoms with Crippen molar-refractivity contribution in [3.05, 3.63) is 90.0 Å². The molecule has 5 rings (SSSR count). The van der Waals surface area contributed by atoms with Crippen molar-refractivity contribution < 1.29 is 9.16 Å². The largest absolute Gasteiger partial charge is 0.497 e. The van der Waals surface area contributed by atoms with E-state index < -0.39 is 8.32 Å². The number of benzene rings is 3. The molecule has 2 nitrogen and oxygen atoms in total. The van der Waals surface area contributed by atoms with Gasteiger partial charge in [-0.1, -0.05) is 94.4 Å². The molecule has 2 aliphatic rings.